The molecule has 0 aliphatic carbocycles. The summed E-state index contributed by atoms with van der Waals surface area (Å²) in [7, 11) is 0. The number of rotatable bonds is 12. The number of halogens is 2. The van der Waals surface area contributed by atoms with Crippen molar-refractivity contribution in [1.82, 2.24) is 0 Å². The average Bonchev–Trinajstić information content (AvgIpc) is 2.69. The Morgan fingerprint density at radius 1 is 1.13 bits per heavy atom. The number of carbonyl (C=O) groups excluding carboxylic acids is 1. The van der Waals surface area contributed by atoms with E-state index >= 15 is 0 Å². The van der Waals surface area contributed by atoms with Gasteiger partial charge in [0.1, 0.15) is 18.9 Å². The zero-order chi connectivity index (χ0) is 21.1. The Bertz CT molecular complexity index is 788. The molecule has 0 radical (unpaired) electrons. The number of hydrogen-bond acceptors (Lipinski definition) is 2. The molecule has 0 atom stereocenters. The van der Waals surface area contributed by atoms with Gasteiger partial charge < -0.3 is 26.9 Å². The van der Waals surface area contributed by atoms with E-state index in [0.29, 0.717) is 18.9 Å². The third-order valence-corrected chi connectivity index (χ3v) is 5.04. The van der Waals surface area contributed by atoms with Crippen LogP contribution in [0.2, 0.25) is 5.02 Å². The molecule has 0 saturated heterocycles. The lowest BCUT2D eigenvalue weighted by molar-refractivity contribution is -0.933. The fraction of sp³-hybridized carbons (Fsp3) is 0.375. The van der Waals surface area contributed by atoms with E-state index in [9.17, 15) is 4.79 Å². The minimum Gasteiger partial charge on any atom is -1.00 e. The topological polar surface area (TPSA) is 38.3 Å². The van der Waals surface area contributed by atoms with Crippen LogP contribution in [0, 0.1) is 0 Å². The molecule has 0 aliphatic rings. The van der Waals surface area contributed by atoms with Crippen molar-refractivity contribution in [1.29, 1.82) is 0 Å². The Balaban J connectivity index is 0.00000450. The third-order valence-electron chi connectivity index (χ3n) is 4.79. The van der Waals surface area contributed by atoms with Crippen molar-refractivity contribution >= 4 is 23.2 Å². The van der Waals surface area contributed by atoms with Crippen LogP contribution < -0.4 is 22.5 Å². The van der Waals surface area contributed by atoms with Crippen molar-refractivity contribution < 1.29 is 26.4 Å². The number of hydrogen-bond donors (Lipinski definition) is 1. The van der Waals surface area contributed by atoms with Crippen LogP contribution in [0.4, 0.5) is 5.69 Å². The molecule has 2 aromatic carbocycles. The van der Waals surface area contributed by atoms with Crippen LogP contribution in [0.15, 0.2) is 61.2 Å². The SMILES string of the molecule is C=CCOc1cccc(NC(=O)C[N+](CCC)(CCC)Cc2ccc(Cl)cc2)c1.[Cl-]. The molecule has 164 valence electrons. The highest BCUT2D eigenvalue weighted by atomic mass is 35.5. The maximum atomic E-state index is 12.9. The highest BCUT2D eigenvalue weighted by Crippen LogP contribution is 2.21. The van der Waals surface area contributed by atoms with E-state index < -0.39 is 0 Å². The van der Waals surface area contributed by atoms with Crippen molar-refractivity contribution in [3.63, 3.8) is 0 Å². The van der Waals surface area contributed by atoms with Gasteiger partial charge in [0.05, 0.1) is 13.1 Å². The minimum atomic E-state index is 0. The first kappa shape index (κ1) is 26.0. The van der Waals surface area contributed by atoms with E-state index in [0.717, 1.165) is 47.7 Å². The number of quaternary nitrogens is 1. The van der Waals surface area contributed by atoms with Crippen LogP contribution in [0.25, 0.3) is 0 Å². The summed E-state index contributed by atoms with van der Waals surface area (Å²) in [6, 6.07) is 15.4. The van der Waals surface area contributed by atoms with Gasteiger partial charge in [0.2, 0.25) is 0 Å². The van der Waals surface area contributed by atoms with Crippen LogP contribution in [-0.2, 0) is 11.3 Å². The highest BCUT2D eigenvalue weighted by molar-refractivity contribution is 6.30. The fourth-order valence-corrected chi connectivity index (χ4v) is 3.86. The number of anilines is 1. The molecule has 0 aliphatic heterocycles. The highest BCUT2D eigenvalue weighted by Gasteiger charge is 2.29. The Hall–Kier alpha value is -2.01. The summed E-state index contributed by atoms with van der Waals surface area (Å²) in [5.41, 5.74) is 1.94. The first-order valence-electron chi connectivity index (χ1n) is 10.2. The lowest BCUT2D eigenvalue weighted by Gasteiger charge is -2.38. The van der Waals surface area contributed by atoms with Gasteiger partial charge in [0, 0.05) is 22.3 Å². The Kier molecular flexibility index (Phi) is 11.6. The fourth-order valence-electron chi connectivity index (χ4n) is 3.73. The number of carbonyl (C=O) groups is 1. The molecule has 4 nitrogen and oxygen atoms in total. The number of ether oxygens (including phenoxy) is 1. The molecule has 2 rings (SSSR count). The van der Waals surface area contributed by atoms with Gasteiger partial charge in [-0.2, -0.15) is 0 Å². The summed E-state index contributed by atoms with van der Waals surface area (Å²) < 4.78 is 6.29. The second kappa shape index (κ2) is 13.3. The van der Waals surface area contributed by atoms with Gasteiger partial charge in [-0.05, 0) is 37.1 Å². The van der Waals surface area contributed by atoms with Crippen molar-refractivity contribution in [3.8, 4) is 5.75 Å². The van der Waals surface area contributed by atoms with Gasteiger partial charge in [-0.3, -0.25) is 4.79 Å². The molecule has 6 heteroatoms. The van der Waals surface area contributed by atoms with Crippen molar-refractivity contribution in [2.45, 2.75) is 33.2 Å². The minimum absolute atomic E-state index is 0. The Morgan fingerprint density at radius 2 is 1.80 bits per heavy atom. The average molecular weight is 451 g/mol. The van der Waals surface area contributed by atoms with E-state index in [-0.39, 0.29) is 18.3 Å². The van der Waals surface area contributed by atoms with Crippen LogP contribution in [0.3, 0.4) is 0 Å². The van der Waals surface area contributed by atoms with Crippen LogP contribution in [0.1, 0.15) is 32.3 Å². The van der Waals surface area contributed by atoms with Crippen molar-refractivity contribution in [2.75, 3.05) is 31.6 Å². The molecule has 0 aromatic heterocycles. The van der Waals surface area contributed by atoms with Gasteiger partial charge in [0.25, 0.3) is 5.91 Å². The molecule has 0 bridgehead atoms. The lowest BCUT2D eigenvalue weighted by atomic mass is 10.1. The third kappa shape index (κ3) is 8.39. The molecule has 1 N–H and O–H groups in total. The van der Waals surface area contributed by atoms with E-state index in [1.165, 1.54) is 5.56 Å². The van der Waals surface area contributed by atoms with E-state index in [4.69, 9.17) is 16.3 Å². The molecule has 0 heterocycles. The maximum absolute atomic E-state index is 12.9. The number of nitrogens with one attached hydrogen (secondary N) is 1. The summed E-state index contributed by atoms with van der Waals surface area (Å²) in [6.45, 7) is 11.6. The summed E-state index contributed by atoms with van der Waals surface area (Å²) in [5, 5.41) is 3.77. The normalized spacial score (nSPS) is 10.8. The summed E-state index contributed by atoms with van der Waals surface area (Å²) in [6.07, 6.45) is 3.74. The predicted molar refractivity (Wildman–Crippen MR) is 121 cm³/mol. The van der Waals surface area contributed by atoms with E-state index in [1.807, 2.05) is 36.4 Å². The molecule has 0 saturated carbocycles. The molecular weight excluding hydrogens is 419 g/mol. The number of benzene rings is 2. The molecule has 30 heavy (non-hydrogen) atoms. The van der Waals surface area contributed by atoms with Gasteiger partial charge in [0.15, 0.2) is 6.54 Å². The summed E-state index contributed by atoms with van der Waals surface area (Å²) >= 11 is 6.04. The molecule has 0 fully saturated rings. The summed E-state index contributed by atoms with van der Waals surface area (Å²) in [5.74, 6) is 0.730. The van der Waals surface area contributed by atoms with E-state index in [2.05, 4.69) is 37.9 Å². The number of nitrogens with zero attached hydrogens (tertiary/aromatic N) is 1. The molecule has 1 amide bonds. The van der Waals surface area contributed by atoms with E-state index in [1.54, 1.807) is 6.08 Å². The zero-order valence-electron chi connectivity index (χ0n) is 17.9. The molecule has 2 aromatic rings. The monoisotopic (exact) mass is 450 g/mol. The Morgan fingerprint density at radius 3 is 2.40 bits per heavy atom. The van der Waals surface area contributed by atoms with Crippen LogP contribution in [0.5, 0.6) is 5.75 Å². The van der Waals surface area contributed by atoms with Gasteiger partial charge >= 0.3 is 0 Å². The lowest BCUT2D eigenvalue weighted by Crippen LogP contribution is -3.00. The molecule has 0 unspecified atom stereocenters. The van der Waals surface area contributed by atoms with Crippen molar-refractivity contribution in [2.24, 2.45) is 0 Å². The first-order valence-corrected chi connectivity index (χ1v) is 10.6. The smallest absolute Gasteiger partial charge is 0.279 e. The van der Waals surface area contributed by atoms with Crippen molar-refractivity contribution in [3.05, 3.63) is 71.8 Å². The first-order chi connectivity index (χ1) is 14.0. The molecule has 0 spiro atoms. The Labute approximate surface area is 191 Å². The van der Waals surface area contributed by atoms with Crippen LogP contribution >= 0.6 is 11.6 Å². The maximum Gasteiger partial charge on any atom is 0.279 e. The van der Waals surface area contributed by atoms with Gasteiger partial charge in [-0.1, -0.05) is 56.3 Å². The predicted octanol–water partition coefficient (Wildman–Crippen LogP) is 2.68. The zero-order valence-corrected chi connectivity index (χ0v) is 19.4. The summed E-state index contributed by atoms with van der Waals surface area (Å²) in [4.78, 5) is 12.9. The second-order valence-corrected chi connectivity index (χ2v) is 7.84. The number of amides is 1. The largest absolute Gasteiger partial charge is 1.00 e. The second-order valence-electron chi connectivity index (χ2n) is 7.41. The molecular formula is C24H32Cl2N2O2. The van der Waals surface area contributed by atoms with Gasteiger partial charge in [-0.25, -0.2) is 0 Å². The quantitative estimate of drug-likeness (QED) is 0.398. The van der Waals surface area contributed by atoms with Gasteiger partial charge in [-0.15, -0.1) is 0 Å². The van der Waals surface area contributed by atoms with Crippen LogP contribution in [-0.4, -0.2) is 36.6 Å². The standard InChI is InChI=1S/C24H31ClN2O2.ClH/c1-4-14-27(15-5-2,18-20-10-12-21(25)13-11-20)19-24(28)26-22-8-7-9-23(17-22)29-16-6-3;/h6-13,17H,3-5,14-16,18-19H2,1-2H3;1H.